The summed E-state index contributed by atoms with van der Waals surface area (Å²) >= 11 is 0. The molecule has 1 aliphatic rings. The van der Waals surface area contributed by atoms with Crippen LogP contribution in [0.15, 0.2) is 6.07 Å². The predicted molar refractivity (Wildman–Crippen MR) is 51.8 cm³/mol. The molecule has 8 nitrogen and oxygen atoms in total. The molecule has 1 amide bonds. The van der Waals surface area contributed by atoms with Gasteiger partial charge in [-0.15, -0.1) is 5.10 Å². The Morgan fingerprint density at radius 1 is 1.75 bits per heavy atom. The first-order valence-electron chi connectivity index (χ1n) is 4.75. The second kappa shape index (κ2) is 3.89. The van der Waals surface area contributed by atoms with Crippen LogP contribution in [0.2, 0.25) is 0 Å². The lowest BCUT2D eigenvalue weighted by Gasteiger charge is -2.12. The van der Waals surface area contributed by atoms with E-state index in [1.54, 1.807) is 0 Å². The van der Waals surface area contributed by atoms with E-state index < -0.39 is 16.9 Å². The van der Waals surface area contributed by atoms with Gasteiger partial charge in [0, 0.05) is 13.1 Å². The number of nitrogens with zero attached hydrogens (tertiary/aromatic N) is 3. The fourth-order valence-electron chi connectivity index (χ4n) is 1.60. The number of likely N-dealkylation sites (tertiary alicyclic amines) is 1. The van der Waals surface area contributed by atoms with E-state index in [9.17, 15) is 20.0 Å². The van der Waals surface area contributed by atoms with Crippen molar-refractivity contribution in [3.05, 3.63) is 21.9 Å². The number of amides is 1. The maximum Gasteiger partial charge on any atom is 0.343 e. The summed E-state index contributed by atoms with van der Waals surface area (Å²) in [6, 6.07) is 1.09. The van der Waals surface area contributed by atoms with E-state index in [2.05, 4.69) is 10.2 Å². The number of aliphatic hydroxyl groups is 1. The standard InChI is InChI=1S/C8H10N4O4/c13-5-1-2-11(4-5)8(14)6-3-7(10-9-6)12(15)16/h3,5,13H,1-2,4H2,(H,9,10)/t5-/m1/s1. The number of hydrogen-bond donors (Lipinski definition) is 2. The first kappa shape index (κ1) is 10.6. The summed E-state index contributed by atoms with van der Waals surface area (Å²) in [6.45, 7) is 0.695. The van der Waals surface area contributed by atoms with E-state index in [-0.39, 0.29) is 18.1 Å². The molecule has 2 heterocycles. The molecular formula is C8H10N4O4. The number of carbonyl (C=O) groups excluding carboxylic acids is 1. The number of aromatic amines is 1. The Labute approximate surface area is 90.0 Å². The van der Waals surface area contributed by atoms with Gasteiger partial charge in [-0.05, 0) is 11.3 Å². The third-order valence-electron chi connectivity index (χ3n) is 2.43. The topological polar surface area (TPSA) is 112 Å². The van der Waals surface area contributed by atoms with Crippen molar-refractivity contribution in [1.29, 1.82) is 0 Å². The van der Waals surface area contributed by atoms with Gasteiger partial charge in [-0.25, -0.2) is 0 Å². The molecule has 1 fully saturated rings. The molecular weight excluding hydrogens is 216 g/mol. The van der Waals surface area contributed by atoms with Crippen LogP contribution in [0.4, 0.5) is 5.82 Å². The van der Waals surface area contributed by atoms with Crippen LogP contribution in [0.1, 0.15) is 16.9 Å². The highest BCUT2D eigenvalue weighted by Crippen LogP contribution is 2.14. The molecule has 1 aliphatic heterocycles. The monoisotopic (exact) mass is 226 g/mol. The molecule has 8 heteroatoms. The fraction of sp³-hybridized carbons (Fsp3) is 0.500. The molecule has 86 valence electrons. The number of hydrogen-bond acceptors (Lipinski definition) is 5. The number of nitrogens with one attached hydrogen (secondary N) is 1. The Balaban J connectivity index is 2.11. The van der Waals surface area contributed by atoms with Crippen LogP contribution >= 0.6 is 0 Å². The maximum absolute atomic E-state index is 11.7. The lowest BCUT2D eigenvalue weighted by atomic mass is 10.3. The Morgan fingerprint density at radius 3 is 3.00 bits per heavy atom. The van der Waals surface area contributed by atoms with Crippen molar-refractivity contribution in [1.82, 2.24) is 15.1 Å². The summed E-state index contributed by atoms with van der Waals surface area (Å²) in [7, 11) is 0. The molecule has 0 unspecified atom stereocenters. The summed E-state index contributed by atoms with van der Waals surface area (Å²) in [6.07, 6.45) is 0.0102. The molecule has 0 aromatic carbocycles. The molecule has 1 aromatic heterocycles. The molecule has 1 atom stereocenters. The largest absolute Gasteiger partial charge is 0.391 e. The van der Waals surface area contributed by atoms with E-state index in [0.717, 1.165) is 6.07 Å². The van der Waals surface area contributed by atoms with E-state index in [1.807, 2.05) is 0 Å². The molecule has 0 spiro atoms. The molecule has 1 saturated heterocycles. The van der Waals surface area contributed by atoms with Gasteiger partial charge in [0.1, 0.15) is 0 Å². The highest BCUT2D eigenvalue weighted by atomic mass is 16.6. The lowest BCUT2D eigenvalue weighted by Crippen LogP contribution is -2.29. The lowest BCUT2D eigenvalue weighted by molar-refractivity contribution is -0.389. The van der Waals surface area contributed by atoms with Crippen molar-refractivity contribution in [3.63, 3.8) is 0 Å². The van der Waals surface area contributed by atoms with Gasteiger partial charge in [-0.1, -0.05) is 5.10 Å². The maximum atomic E-state index is 11.7. The van der Waals surface area contributed by atoms with Gasteiger partial charge in [-0.3, -0.25) is 4.79 Å². The number of aromatic nitrogens is 2. The van der Waals surface area contributed by atoms with Gasteiger partial charge in [0.2, 0.25) is 0 Å². The summed E-state index contributed by atoms with van der Waals surface area (Å²) in [5.41, 5.74) is 0.000741. The summed E-state index contributed by atoms with van der Waals surface area (Å²) in [5, 5.41) is 25.4. The molecule has 0 aliphatic carbocycles. The van der Waals surface area contributed by atoms with Crippen LogP contribution in [-0.2, 0) is 0 Å². The molecule has 2 rings (SSSR count). The minimum Gasteiger partial charge on any atom is -0.391 e. The highest BCUT2D eigenvalue weighted by Gasteiger charge is 2.28. The van der Waals surface area contributed by atoms with Crippen molar-refractivity contribution in [2.24, 2.45) is 0 Å². The van der Waals surface area contributed by atoms with Crippen molar-refractivity contribution < 1.29 is 14.8 Å². The Morgan fingerprint density at radius 2 is 2.50 bits per heavy atom. The molecule has 0 radical (unpaired) electrons. The number of rotatable bonds is 2. The van der Waals surface area contributed by atoms with Crippen LogP contribution in [0, 0.1) is 10.1 Å². The van der Waals surface area contributed by atoms with Crippen molar-refractivity contribution >= 4 is 11.7 Å². The third kappa shape index (κ3) is 1.87. The van der Waals surface area contributed by atoms with Crippen LogP contribution in [0.3, 0.4) is 0 Å². The molecule has 2 N–H and O–H groups in total. The zero-order valence-corrected chi connectivity index (χ0v) is 8.29. The van der Waals surface area contributed by atoms with Gasteiger partial charge in [0.15, 0.2) is 5.69 Å². The smallest absolute Gasteiger partial charge is 0.343 e. The molecule has 0 bridgehead atoms. The van der Waals surface area contributed by atoms with Gasteiger partial charge < -0.3 is 20.1 Å². The van der Waals surface area contributed by atoms with Crippen LogP contribution in [-0.4, -0.2) is 50.2 Å². The van der Waals surface area contributed by atoms with E-state index in [1.165, 1.54) is 4.90 Å². The van der Waals surface area contributed by atoms with Crippen LogP contribution in [0.25, 0.3) is 0 Å². The van der Waals surface area contributed by atoms with E-state index >= 15 is 0 Å². The Bertz CT molecular complexity index is 429. The number of aliphatic hydroxyl groups excluding tert-OH is 1. The van der Waals surface area contributed by atoms with Gasteiger partial charge in [0.25, 0.3) is 5.91 Å². The zero-order valence-electron chi connectivity index (χ0n) is 8.29. The van der Waals surface area contributed by atoms with Gasteiger partial charge in [0.05, 0.1) is 12.2 Å². The minimum absolute atomic E-state index is 0.000741. The second-order valence-corrected chi connectivity index (χ2v) is 3.59. The van der Waals surface area contributed by atoms with Crippen molar-refractivity contribution in [3.8, 4) is 0 Å². The van der Waals surface area contributed by atoms with E-state index in [4.69, 9.17) is 0 Å². The quantitative estimate of drug-likeness (QED) is 0.522. The summed E-state index contributed by atoms with van der Waals surface area (Å²) in [5.74, 6) is -0.719. The number of β-amino-alcohol motifs (C(OH)–C–C–N with tert-alkyl or cyclic N) is 1. The number of nitro groups is 1. The molecule has 16 heavy (non-hydrogen) atoms. The van der Waals surface area contributed by atoms with Crippen molar-refractivity contribution in [2.45, 2.75) is 12.5 Å². The average Bonchev–Trinajstić information content (AvgIpc) is 2.84. The predicted octanol–water partition coefficient (Wildman–Crippen LogP) is -0.475. The van der Waals surface area contributed by atoms with Crippen LogP contribution < -0.4 is 0 Å². The van der Waals surface area contributed by atoms with Gasteiger partial charge >= 0.3 is 5.82 Å². The average molecular weight is 226 g/mol. The third-order valence-corrected chi connectivity index (χ3v) is 2.43. The Hall–Kier alpha value is -1.96. The number of carbonyl (C=O) groups is 1. The first-order valence-corrected chi connectivity index (χ1v) is 4.75. The Kier molecular flexibility index (Phi) is 2.57. The molecule has 0 saturated carbocycles. The highest BCUT2D eigenvalue weighted by molar-refractivity contribution is 5.93. The second-order valence-electron chi connectivity index (χ2n) is 3.59. The number of H-pyrrole nitrogens is 1. The minimum atomic E-state index is -0.650. The zero-order chi connectivity index (χ0) is 11.7. The van der Waals surface area contributed by atoms with Crippen molar-refractivity contribution in [2.75, 3.05) is 13.1 Å². The summed E-state index contributed by atoms with van der Waals surface area (Å²) < 4.78 is 0. The normalized spacial score (nSPS) is 20.1. The summed E-state index contributed by atoms with van der Waals surface area (Å²) in [4.78, 5) is 22.9. The van der Waals surface area contributed by atoms with E-state index in [0.29, 0.717) is 13.0 Å². The van der Waals surface area contributed by atoms with Gasteiger partial charge in [-0.2, -0.15) is 0 Å². The fourth-order valence-corrected chi connectivity index (χ4v) is 1.60. The first-order chi connectivity index (χ1) is 7.58. The van der Waals surface area contributed by atoms with Crippen LogP contribution in [0.5, 0.6) is 0 Å². The SMILES string of the molecule is O=C(c1cc([N+](=O)[O-])[nH]n1)N1CC[C@@H](O)C1. The molecule has 1 aromatic rings.